The Hall–Kier alpha value is -2.91. The zero-order chi connectivity index (χ0) is 18.1. The van der Waals surface area contributed by atoms with Crippen molar-refractivity contribution in [1.82, 2.24) is 24.8 Å². The van der Waals surface area contributed by atoms with E-state index in [1.807, 2.05) is 12.1 Å². The summed E-state index contributed by atoms with van der Waals surface area (Å²) in [6.45, 7) is 2.44. The molecule has 1 aliphatic heterocycles. The summed E-state index contributed by atoms with van der Waals surface area (Å²) in [5.74, 6) is 0.101. The quantitative estimate of drug-likeness (QED) is 0.769. The second-order valence-electron chi connectivity index (χ2n) is 6.08. The first-order valence-electron chi connectivity index (χ1n) is 8.24. The van der Waals surface area contributed by atoms with E-state index in [2.05, 4.69) is 30.5 Å². The van der Waals surface area contributed by atoms with Crippen LogP contribution in [0.4, 0.5) is 24.8 Å². The highest BCUT2D eigenvalue weighted by Gasteiger charge is 2.37. The van der Waals surface area contributed by atoms with Gasteiger partial charge in [0.05, 0.1) is 0 Å². The van der Waals surface area contributed by atoms with Crippen LogP contribution < -0.4 is 10.2 Å². The average molecular weight is 363 g/mol. The third-order valence-electron chi connectivity index (χ3n) is 4.23. The van der Waals surface area contributed by atoms with Crippen LogP contribution in [0.15, 0.2) is 30.5 Å². The van der Waals surface area contributed by atoms with Crippen molar-refractivity contribution in [1.29, 1.82) is 0 Å². The second kappa shape index (κ2) is 6.43. The first-order valence-corrected chi connectivity index (χ1v) is 8.24. The Morgan fingerprint density at radius 1 is 1.04 bits per heavy atom. The molecule has 0 amide bonds. The fourth-order valence-electron chi connectivity index (χ4n) is 2.91. The minimum atomic E-state index is -4.61. The number of hydrogen-bond acceptors (Lipinski definition) is 6. The lowest BCUT2D eigenvalue weighted by molar-refractivity contribution is -0.146. The summed E-state index contributed by atoms with van der Waals surface area (Å²) in [4.78, 5) is 6.69. The number of alkyl halides is 3. The van der Waals surface area contributed by atoms with Crippen molar-refractivity contribution in [3.05, 3.63) is 41.9 Å². The van der Waals surface area contributed by atoms with Gasteiger partial charge in [-0.05, 0) is 36.6 Å². The molecule has 0 atom stereocenters. The molecule has 0 radical (unpaired) electrons. The summed E-state index contributed by atoms with van der Waals surface area (Å²) in [6.07, 6.45) is -0.482. The average Bonchev–Trinajstić information content (AvgIpc) is 3.29. The molecule has 26 heavy (non-hydrogen) atoms. The number of rotatable bonds is 4. The molecule has 0 spiro atoms. The lowest BCUT2D eigenvalue weighted by Crippen LogP contribution is -2.18. The van der Waals surface area contributed by atoms with Gasteiger partial charge in [-0.1, -0.05) is 6.07 Å². The van der Waals surface area contributed by atoms with Crippen LogP contribution in [0.1, 0.15) is 24.2 Å². The highest BCUT2D eigenvalue weighted by Crippen LogP contribution is 2.27. The van der Waals surface area contributed by atoms with Gasteiger partial charge >= 0.3 is 6.18 Å². The predicted molar refractivity (Wildman–Crippen MR) is 88.8 cm³/mol. The van der Waals surface area contributed by atoms with E-state index in [0.717, 1.165) is 24.5 Å². The second-order valence-corrected chi connectivity index (χ2v) is 6.08. The molecule has 1 N–H and O–H groups in total. The lowest BCUT2D eigenvalue weighted by atomic mass is 10.2. The Bertz CT molecular complexity index is 898. The molecule has 1 saturated heterocycles. The highest BCUT2D eigenvalue weighted by molar-refractivity contribution is 5.45. The van der Waals surface area contributed by atoms with Crippen molar-refractivity contribution >= 4 is 17.3 Å². The molecule has 1 fully saturated rings. The molecule has 3 aromatic rings. The molecular weight excluding hydrogens is 347 g/mol. The van der Waals surface area contributed by atoms with Crippen molar-refractivity contribution in [2.45, 2.75) is 25.6 Å². The number of aromatic nitrogens is 5. The Labute approximate surface area is 146 Å². The summed E-state index contributed by atoms with van der Waals surface area (Å²) in [6, 6.07) is 6.91. The van der Waals surface area contributed by atoms with Gasteiger partial charge in [0.25, 0.3) is 5.82 Å². The number of nitrogens with zero attached hydrogens (tertiary/aromatic N) is 6. The molecule has 1 aliphatic rings. The monoisotopic (exact) mass is 363 g/mol. The lowest BCUT2D eigenvalue weighted by Gasteiger charge is -2.16. The minimum absolute atomic E-state index is 0.0412. The molecule has 0 unspecified atom stereocenters. The number of pyridine rings is 1. The Balaban J connectivity index is 1.47. The topological polar surface area (TPSA) is 71.2 Å². The van der Waals surface area contributed by atoms with E-state index in [-0.39, 0.29) is 5.65 Å². The molecule has 4 rings (SSSR count). The SMILES string of the molecule is FC(F)(F)c1nnc2ccc(NCc3ccc(N4CCCC4)nc3)nn12. The van der Waals surface area contributed by atoms with Crippen LogP contribution in [0.2, 0.25) is 0 Å². The van der Waals surface area contributed by atoms with Gasteiger partial charge in [-0.2, -0.15) is 17.7 Å². The fraction of sp³-hybridized carbons (Fsp3) is 0.375. The third-order valence-corrected chi connectivity index (χ3v) is 4.23. The standard InChI is InChI=1S/C16H16F3N7/c17-16(18,19)15-23-22-14-6-4-12(24-26(14)15)20-9-11-3-5-13(21-10-11)25-7-1-2-8-25/h3-6,10H,1-2,7-9H2,(H,20,24). The Kier molecular flexibility index (Phi) is 4.09. The van der Waals surface area contributed by atoms with Crippen molar-refractivity contribution < 1.29 is 13.2 Å². The normalized spacial score (nSPS) is 15.0. The van der Waals surface area contributed by atoms with Crippen LogP contribution in [0.25, 0.3) is 5.65 Å². The number of halogens is 3. The predicted octanol–water partition coefficient (Wildman–Crippen LogP) is 2.75. The van der Waals surface area contributed by atoms with Crippen molar-refractivity contribution in [2.75, 3.05) is 23.3 Å². The molecule has 0 bridgehead atoms. The largest absolute Gasteiger partial charge is 0.453 e. The molecule has 4 heterocycles. The smallest absolute Gasteiger partial charge is 0.364 e. The molecule has 0 saturated carbocycles. The zero-order valence-electron chi connectivity index (χ0n) is 13.7. The van der Waals surface area contributed by atoms with E-state index in [9.17, 15) is 13.2 Å². The molecule has 3 aromatic heterocycles. The maximum atomic E-state index is 12.9. The van der Waals surface area contributed by atoms with Crippen molar-refractivity contribution in [2.24, 2.45) is 0 Å². The number of hydrogen-bond donors (Lipinski definition) is 1. The van der Waals surface area contributed by atoms with Crippen LogP contribution in [0.3, 0.4) is 0 Å². The molecule has 7 nitrogen and oxygen atoms in total. The zero-order valence-corrected chi connectivity index (χ0v) is 13.7. The highest BCUT2D eigenvalue weighted by atomic mass is 19.4. The minimum Gasteiger partial charge on any atom is -0.364 e. The number of anilines is 2. The molecule has 10 heteroatoms. The van der Waals surface area contributed by atoms with E-state index in [1.54, 1.807) is 12.3 Å². The molecular formula is C16H16F3N7. The van der Waals surface area contributed by atoms with E-state index < -0.39 is 12.0 Å². The van der Waals surface area contributed by atoms with Crippen LogP contribution in [-0.2, 0) is 12.7 Å². The van der Waals surface area contributed by atoms with Crippen molar-refractivity contribution in [3.8, 4) is 0 Å². The van der Waals surface area contributed by atoms with Gasteiger partial charge in [-0.3, -0.25) is 0 Å². The first-order chi connectivity index (χ1) is 12.5. The summed E-state index contributed by atoms with van der Waals surface area (Å²) in [5.41, 5.74) is 0.953. The summed E-state index contributed by atoms with van der Waals surface area (Å²) in [7, 11) is 0. The van der Waals surface area contributed by atoms with Crippen LogP contribution >= 0.6 is 0 Å². The van der Waals surface area contributed by atoms with Crippen molar-refractivity contribution in [3.63, 3.8) is 0 Å². The van der Waals surface area contributed by atoms with E-state index in [1.165, 1.54) is 18.9 Å². The fourth-order valence-corrected chi connectivity index (χ4v) is 2.91. The first kappa shape index (κ1) is 16.6. The van der Waals surface area contributed by atoms with E-state index >= 15 is 0 Å². The van der Waals surface area contributed by atoms with Gasteiger partial charge in [0.15, 0.2) is 5.65 Å². The van der Waals surface area contributed by atoms with Crippen LogP contribution in [0.5, 0.6) is 0 Å². The Morgan fingerprint density at radius 2 is 1.85 bits per heavy atom. The number of fused-ring (bicyclic) bond motifs is 1. The summed E-state index contributed by atoms with van der Waals surface area (Å²) >= 11 is 0. The van der Waals surface area contributed by atoms with Gasteiger partial charge in [-0.25, -0.2) is 4.98 Å². The summed E-state index contributed by atoms with van der Waals surface area (Å²) < 4.78 is 39.4. The van der Waals surface area contributed by atoms with E-state index in [4.69, 9.17) is 0 Å². The molecule has 136 valence electrons. The van der Waals surface area contributed by atoms with Crippen LogP contribution in [-0.4, -0.2) is 37.9 Å². The maximum Gasteiger partial charge on any atom is 0.453 e. The van der Waals surface area contributed by atoms with E-state index in [0.29, 0.717) is 16.9 Å². The van der Waals surface area contributed by atoms with Crippen LogP contribution in [0, 0.1) is 0 Å². The van der Waals surface area contributed by atoms with Gasteiger partial charge in [0.1, 0.15) is 11.6 Å². The maximum absolute atomic E-state index is 12.9. The van der Waals surface area contributed by atoms with Gasteiger partial charge in [-0.15, -0.1) is 15.3 Å². The Morgan fingerprint density at radius 3 is 2.54 bits per heavy atom. The van der Waals surface area contributed by atoms with Gasteiger partial charge in [0, 0.05) is 25.8 Å². The van der Waals surface area contributed by atoms with Gasteiger partial charge < -0.3 is 10.2 Å². The third kappa shape index (κ3) is 3.26. The van der Waals surface area contributed by atoms with Gasteiger partial charge in [0.2, 0.25) is 0 Å². The molecule has 0 aromatic carbocycles. The summed E-state index contributed by atoms with van der Waals surface area (Å²) in [5, 5.41) is 13.6. The molecule has 0 aliphatic carbocycles. The number of nitrogens with one attached hydrogen (secondary N) is 1.